The van der Waals surface area contributed by atoms with E-state index in [1.54, 1.807) is 6.07 Å². The van der Waals surface area contributed by atoms with Crippen LogP contribution in [0.4, 0.5) is 4.39 Å². The topological polar surface area (TPSA) is 63.3 Å². The molecule has 0 saturated heterocycles. The molecule has 0 saturated carbocycles. The van der Waals surface area contributed by atoms with Crippen molar-refractivity contribution >= 4 is 5.97 Å². The van der Waals surface area contributed by atoms with Gasteiger partial charge in [-0.3, -0.25) is 4.79 Å². The van der Waals surface area contributed by atoms with E-state index in [1.165, 1.54) is 12.1 Å². The quantitative estimate of drug-likeness (QED) is 0.886. The predicted octanol–water partition coefficient (Wildman–Crippen LogP) is 2.45. The summed E-state index contributed by atoms with van der Waals surface area (Å²) in [5, 5.41) is 8.86. The van der Waals surface area contributed by atoms with Gasteiger partial charge in [-0.2, -0.15) is 0 Å². The van der Waals surface area contributed by atoms with E-state index in [0.29, 0.717) is 5.56 Å². The maximum Gasteiger partial charge on any atom is 0.320 e. The number of hydrogen-bond acceptors (Lipinski definition) is 2. The van der Waals surface area contributed by atoms with Crippen LogP contribution in [0, 0.1) is 5.82 Å². The monoisotopic (exact) mass is 259 g/mol. The van der Waals surface area contributed by atoms with Crippen molar-refractivity contribution in [2.24, 2.45) is 5.73 Å². The molecule has 0 aliphatic heterocycles. The Hall–Kier alpha value is -2.20. The molecule has 0 aliphatic carbocycles. The van der Waals surface area contributed by atoms with Gasteiger partial charge in [0.1, 0.15) is 11.9 Å². The molecule has 1 atom stereocenters. The molecule has 4 heteroatoms. The van der Waals surface area contributed by atoms with Gasteiger partial charge in [0.05, 0.1) is 0 Å². The molecule has 0 amide bonds. The fourth-order valence-electron chi connectivity index (χ4n) is 1.95. The molecule has 0 heterocycles. The van der Waals surface area contributed by atoms with Crippen LogP contribution in [0.5, 0.6) is 0 Å². The van der Waals surface area contributed by atoms with Crippen LogP contribution < -0.4 is 5.73 Å². The molecular formula is C15H14FNO2. The summed E-state index contributed by atoms with van der Waals surface area (Å²) in [7, 11) is 0. The van der Waals surface area contributed by atoms with Crippen molar-refractivity contribution in [3.8, 4) is 11.1 Å². The zero-order valence-electron chi connectivity index (χ0n) is 10.2. The molecule has 19 heavy (non-hydrogen) atoms. The molecule has 98 valence electrons. The maximum atomic E-state index is 13.3. The zero-order chi connectivity index (χ0) is 13.8. The SMILES string of the molecule is N[C@@H](Cc1cc(F)ccc1-c1ccccc1)C(=O)O. The first-order chi connectivity index (χ1) is 9.08. The highest BCUT2D eigenvalue weighted by molar-refractivity contribution is 5.75. The van der Waals surface area contributed by atoms with Crippen molar-refractivity contribution < 1.29 is 14.3 Å². The van der Waals surface area contributed by atoms with Crippen LogP contribution in [0.15, 0.2) is 48.5 Å². The number of halogens is 1. The molecule has 3 nitrogen and oxygen atoms in total. The molecule has 2 rings (SSSR count). The molecule has 0 fully saturated rings. The smallest absolute Gasteiger partial charge is 0.320 e. The van der Waals surface area contributed by atoms with Gasteiger partial charge in [-0.15, -0.1) is 0 Å². The van der Waals surface area contributed by atoms with Gasteiger partial charge >= 0.3 is 5.97 Å². The van der Waals surface area contributed by atoms with Gasteiger partial charge in [0.25, 0.3) is 0 Å². The van der Waals surface area contributed by atoms with Crippen molar-refractivity contribution in [2.75, 3.05) is 0 Å². The number of hydrogen-bond donors (Lipinski definition) is 2. The summed E-state index contributed by atoms with van der Waals surface area (Å²) in [6.45, 7) is 0. The second-order valence-electron chi connectivity index (χ2n) is 4.32. The van der Waals surface area contributed by atoms with Crippen LogP contribution in [-0.4, -0.2) is 17.1 Å². The average molecular weight is 259 g/mol. The van der Waals surface area contributed by atoms with E-state index >= 15 is 0 Å². The van der Waals surface area contributed by atoms with E-state index in [2.05, 4.69) is 0 Å². The van der Waals surface area contributed by atoms with Crippen molar-refractivity contribution in [1.82, 2.24) is 0 Å². The summed E-state index contributed by atoms with van der Waals surface area (Å²) in [5.74, 6) is -1.49. The minimum Gasteiger partial charge on any atom is -0.480 e. The summed E-state index contributed by atoms with van der Waals surface area (Å²) in [6, 6.07) is 12.7. The van der Waals surface area contributed by atoms with Gasteiger partial charge in [-0.25, -0.2) is 4.39 Å². The highest BCUT2D eigenvalue weighted by atomic mass is 19.1. The molecule has 0 bridgehead atoms. The lowest BCUT2D eigenvalue weighted by molar-refractivity contribution is -0.138. The highest BCUT2D eigenvalue weighted by Gasteiger charge is 2.15. The third kappa shape index (κ3) is 3.17. The molecule has 2 aromatic rings. The van der Waals surface area contributed by atoms with Crippen LogP contribution in [0.25, 0.3) is 11.1 Å². The number of carboxylic acids is 1. The van der Waals surface area contributed by atoms with Crippen LogP contribution in [0.2, 0.25) is 0 Å². The number of carbonyl (C=O) groups is 1. The van der Waals surface area contributed by atoms with E-state index in [1.807, 2.05) is 30.3 Å². The number of carboxylic acid groups (broad SMARTS) is 1. The minimum absolute atomic E-state index is 0.0946. The van der Waals surface area contributed by atoms with Crippen LogP contribution in [0.3, 0.4) is 0 Å². The first-order valence-electron chi connectivity index (χ1n) is 5.90. The average Bonchev–Trinajstić information content (AvgIpc) is 2.39. The Morgan fingerprint density at radius 3 is 2.53 bits per heavy atom. The van der Waals surface area contributed by atoms with Crippen molar-refractivity contribution in [1.29, 1.82) is 0 Å². The first kappa shape index (κ1) is 13.2. The van der Waals surface area contributed by atoms with Gasteiger partial charge in [-0.1, -0.05) is 36.4 Å². The third-order valence-electron chi connectivity index (χ3n) is 2.91. The van der Waals surface area contributed by atoms with Crippen molar-refractivity contribution in [3.05, 3.63) is 59.9 Å². The third-order valence-corrected chi connectivity index (χ3v) is 2.91. The Kier molecular flexibility index (Phi) is 3.92. The summed E-state index contributed by atoms with van der Waals surface area (Å²) in [4.78, 5) is 10.8. The molecule has 0 spiro atoms. The molecule has 2 aromatic carbocycles. The van der Waals surface area contributed by atoms with Crippen LogP contribution in [0.1, 0.15) is 5.56 Å². The Morgan fingerprint density at radius 1 is 1.21 bits per heavy atom. The highest BCUT2D eigenvalue weighted by Crippen LogP contribution is 2.25. The molecule has 0 aliphatic rings. The van der Waals surface area contributed by atoms with Gasteiger partial charge in [0.15, 0.2) is 0 Å². The van der Waals surface area contributed by atoms with E-state index in [9.17, 15) is 9.18 Å². The molecule has 0 unspecified atom stereocenters. The summed E-state index contributed by atoms with van der Waals surface area (Å²) < 4.78 is 13.3. The number of benzene rings is 2. The zero-order valence-corrected chi connectivity index (χ0v) is 10.2. The lowest BCUT2D eigenvalue weighted by atomic mass is 9.95. The van der Waals surface area contributed by atoms with Crippen LogP contribution >= 0.6 is 0 Å². The summed E-state index contributed by atoms with van der Waals surface area (Å²) in [5.41, 5.74) is 7.84. The number of nitrogens with two attached hydrogens (primary N) is 1. The predicted molar refractivity (Wildman–Crippen MR) is 71.2 cm³/mol. The van der Waals surface area contributed by atoms with Gasteiger partial charge in [0, 0.05) is 0 Å². The van der Waals surface area contributed by atoms with Crippen molar-refractivity contribution in [2.45, 2.75) is 12.5 Å². The van der Waals surface area contributed by atoms with E-state index in [-0.39, 0.29) is 6.42 Å². The summed E-state index contributed by atoms with van der Waals surface area (Å²) >= 11 is 0. The molecular weight excluding hydrogens is 245 g/mol. The largest absolute Gasteiger partial charge is 0.480 e. The normalized spacial score (nSPS) is 12.1. The molecule has 0 radical (unpaired) electrons. The van der Waals surface area contributed by atoms with Gasteiger partial charge in [0.2, 0.25) is 0 Å². The standard InChI is InChI=1S/C15H14FNO2/c16-12-6-7-13(10-4-2-1-3-5-10)11(8-12)9-14(17)15(18)19/h1-8,14H,9,17H2,(H,18,19)/t14-/m0/s1. The fourth-order valence-corrected chi connectivity index (χ4v) is 1.95. The minimum atomic E-state index is -1.09. The Labute approximate surface area is 110 Å². The number of aliphatic carboxylic acids is 1. The Balaban J connectivity index is 2.41. The molecule has 0 aromatic heterocycles. The van der Waals surface area contributed by atoms with Gasteiger partial charge in [-0.05, 0) is 35.2 Å². The fraction of sp³-hybridized carbons (Fsp3) is 0.133. The second-order valence-corrected chi connectivity index (χ2v) is 4.32. The Bertz CT molecular complexity index is 584. The Morgan fingerprint density at radius 2 is 1.89 bits per heavy atom. The van der Waals surface area contributed by atoms with E-state index in [0.717, 1.165) is 11.1 Å². The van der Waals surface area contributed by atoms with Crippen LogP contribution in [-0.2, 0) is 11.2 Å². The lowest BCUT2D eigenvalue weighted by Crippen LogP contribution is -2.32. The second kappa shape index (κ2) is 5.63. The van der Waals surface area contributed by atoms with Crippen molar-refractivity contribution in [3.63, 3.8) is 0 Å². The maximum absolute atomic E-state index is 13.3. The van der Waals surface area contributed by atoms with Gasteiger partial charge < -0.3 is 10.8 Å². The molecule has 3 N–H and O–H groups in total. The van der Waals surface area contributed by atoms with E-state index in [4.69, 9.17) is 10.8 Å². The first-order valence-corrected chi connectivity index (χ1v) is 5.90. The van der Waals surface area contributed by atoms with E-state index < -0.39 is 17.8 Å². The summed E-state index contributed by atoms with van der Waals surface area (Å²) in [6.07, 6.45) is 0.0946. The lowest BCUT2D eigenvalue weighted by Gasteiger charge is -2.12. The number of rotatable bonds is 4.